The van der Waals surface area contributed by atoms with E-state index in [1.807, 2.05) is 0 Å². The molecule has 0 aliphatic carbocycles. The number of hydrogen-bond donors (Lipinski definition) is 1. The molecule has 19 heavy (non-hydrogen) atoms. The molecule has 1 N–H and O–H groups in total. The number of anilines is 1. The Hall–Kier alpha value is -2.05. The van der Waals surface area contributed by atoms with Crippen LogP contribution < -0.4 is 10.4 Å². The Kier molecular flexibility index (Phi) is 2.80. The van der Waals surface area contributed by atoms with Crippen molar-refractivity contribution in [2.75, 3.05) is 5.01 Å². The third-order valence-corrected chi connectivity index (χ3v) is 2.97. The Morgan fingerprint density at radius 3 is 2.21 bits per heavy atom. The van der Waals surface area contributed by atoms with E-state index in [1.165, 1.54) is 26.0 Å². The molecule has 1 saturated heterocycles. The van der Waals surface area contributed by atoms with Gasteiger partial charge in [0.15, 0.2) is 0 Å². The highest BCUT2D eigenvalue weighted by atomic mass is 19.4. The van der Waals surface area contributed by atoms with Crippen molar-refractivity contribution in [1.82, 2.24) is 5.43 Å². The predicted molar refractivity (Wildman–Crippen MR) is 60.9 cm³/mol. The lowest BCUT2D eigenvalue weighted by atomic mass is 9.93. The fourth-order valence-electron chi connectivity index (χ4n) is 1.75. The molecule has 0 saturated carbocycles. The van der Waals surface area contributed by atoms with E-state index >= 15 is 0 Å². The molecule has 2 rings (SSSR count). The van der Waals surface area contributed by atoms with Crippen LogP contribution in [0.25, 0.3) is 0 Å². The maximum absolute atomic E-state index is 12.9. The summed E-state index contributed by atoms with van der Waals surface area (Å²) in [6, 6.07) is 4.59. The lowest BCUT2D eigenvalue weighted by Crippen LogP contribution is -2.37. The van der Waals surface area contributed by atoms with Crippen molar-refractivity contribution < 1.29 is 22.8 Å². The zero-order valence-electron chi connectivity index (χ0n) is 10.2. The van der Waals surface area contributed by atoms with Gasteiger partial charge in [0.05, 0.1) is 11.3 Å². The standard InChI is InChI=1S/C12H11F3N2O2/c1-11(2)9(18)16-17(10(11)19)8-6-4-3-5-7(8)12(13,14)15/h3-6H,1-2H3,(H,16,18). The fourth-order valence-corrected chi connectivity index (χ4v) is 1.75. The van der Waals surface area contributed by atoms with Crippen LogP contribution >= 0.6 is 0 Å². The van der Waals surface area contributed by atoms with Crippen LogP contribution in [0.3, 0.4) is 0 Å². The molecule has 0 unspecified atom stereocenters. The average molecular weight is 272 g/mol. The van der Waals surface area contributed by atoms with E-state index in [1.54, 1.807) is 0 Å². The molecular formula is C12H11F3N2O2. The minimum absolute atomic E-state index is 0.376. The first-order valence-corrected chi connectivity index (χ1v) is 5.47. The fraction of sp³-hybridized carbons (Fsp3) is 0.333. The van der Waals surface area contributed by atoms with E-state index in [2.05, 4.69) is 5.43 Å². The van der Waals surface area contributed by atoms with Crippen molar-refractivity contribution in [2.24, 2.45) is 5.41 Å². The van der Waals surface area contributed by atoms with Crippen LogP contribution in [0.5, 0.6) is 0 Å². The van der Waals surface area contributed by atoms with Crippen LogP contribution in [0.2, 0.25) is 0 Å². The normalized spacial score (nSPS) is 18.7. The average Bonchev–Trinajstić information content (AvgIpc) is 2.52. The van der Waals surface area contributed by atoms with E-state index in [4.69, 9.17) is 0 Å². The molecule has 1 aromatic carbocycles. The number of benzene rings is 1. The smallest absolute Gasteiger partial charge is 0.272 e. The highest BCUT2D eigenvalue weighted by Gasteiger charge is 2.49. The predicted octanol–water partition coefficient (Wildman–Crippen LogP) is 2.11. The first-order chi connectivity index (χ1) is 8.65. The van der Waals surface area contributed by atoms with Crippen molar-refractivity contribution in [1.29, 1.82) is 0 Å². The molecule has 0 atom stereocenters. The molecule has 0 bridgehead atoms. The molecule has 102 valence electrons. The molecule has 4 nitrogen and oxygen atoms in total. The molecule has 1 fully saturated rings. The number of hydrazine groups is 1. The summed E-state index contributed by atoms with van der Waals surface area (Å²) in [5.74, 6) is -1.34. The highest BCUT2D eigenvalue weighted by molar-refractivity contribution is 6.17. The number of nitrogens with one attached hydrogen (secondary N) is 1. The maximum atomic E-state index is 12.9. The first kappa shape index (κ1) is 13.4. The minimum atomic E-state index is -4.60. The number of nitrogens with zero attached hydrogens (tertiary/aromatic N) is 1. The Morgan fingerprint density at radius 1 is 1.16 bits per heavy atom. The van der Waals surface area contributed by atoms with Crippen molar-refractivity contribution in [3.63, 3.8) is 0 Å². The number of carbonyl (C=O) groups is 2. The summed E-state index contributed by atoms with van der Waals surface area (Å²) in [4.78, 5) is 23.6. The van der Waals surface area contributed by atoms with E-state index in [0.29, 0.717) is 5.01 Å². The maximum Gasteiger partial charge on any atom is 0.418 e. The van der Waals surface area contributed by atoms with Gasteiger partial charge in [0, 0.05) is 0 Å². The van der Waals surface area contributed by atoms with Crippen LogP contribution in [0.1, 0.15) is 19.4 Å². The molecular weight excluding hydrogens is 261 g/mol. The number of rotatable bonds is 1. The lowest BCUT2D eigenvalue weighted by molar-refractivity contribution is -0.137. The van der Waals surface area contributed by atoms with Gasteiger partial charge in [-0.25, -0.2) is 5.01 Å². The van der Waals surface area contributed by atoms with Gasteiger partial charge >= 0.3 is 6.18 Å². The quantitative estimate of drug-likeness (QED) is 0.796. The summed E-state index contributed by atoms with van der Waals surface area (Å²) in [7, 11) is 0. The van der Waals surface area contributed by atoms with Crippen LogP contribution in [0, 0.1) is 5.41 Å². The van der Waals surface area contributed by atoms with Gasteiger partial charge in [-0.15, -0.1) is 0 Å². The topological polar surface area (TPSA) is 49.4 Å². The van der Waals surface area contributed by atoms with E-state index < -0.39 is 29.0 Å². The Bertz CT molecular complexity index is 552. The van der Waals surface area contributed by atoms with Crippen molar-refractivity contribution in [2.45, 2.75) is 20.0 Å². The second kappa shape index (κ2) is 3.97. The van der Waals surface area contributed by atoms with Gasteiger partial charge in [-0.3, -0.25) is 15.0 Å². The third-order valence-electron chi connectivity index (χ3n) is 2.97. The number of halogens is 3. The molecule has 1 aromatic rings. The van der Waals surface area contributed by atoms with E-state index in [-0.39, 0.29) is 5.69 Å². The summed E-state index contributed by atoms with van der Waals surface area (Å²) in [6.07, 6.45) is -4.60. The van der Waals surface area contributed by atoms with Crippen LogP contribution in [-0.2, 0) is 15.8 Å². The van der Waals surface area contributed by atoms with Gasteiger partial charge in [0.25, 0.3) is 11.8 Å². The largest absolute Gasteiger partial charge is 0.418 e. The molecule has 7 heteroatoms. The van der Waals surface area contributed by atoms with Crippen molar-refractivity contribution in [3.05, 3.63) is 29.8 Å². The number of hydrogen-bond acceptors (Lipinski definition) is 2. The number of alkyl halides is 3. The van der Waals surface area contributed by atoms with Crippen molar-refractivity contribution in [3.8, 4) is 0 Å². The molecule has 0 aromatic heterocycles. The second-order valence-corrected chi connectivity index (χ2v) is 4.72. The SMILES string of the molecule is CC1(C)C(=O)NN(c2ccccc2C(F)(F)F)C1=O. The van der Waals surface area contributed by atoms with Gasteiger partial charge in [-0.1, -0.05) is 12.1 Å². The van der Waals surface area contributed by atoms with Crippen LogP contribution in [0.4, 0.5) is 18.9 Å². The molecule has 0 spiro atoms. The number of para-hydroxylation sites is 1. The van der Waals surface area contributed by atoms with Gasteiger partial charge in [-0.05, 0) is 26.0 Å². The Morgan fingerprint density at radius 2 is 1.74 bits per heavy atom. The first-order valence-electron chi connectivity index (χ1n) is 5.47. The van der Waals surface area contributed by atoms with Gasteiger partial charge in [-0.2, -0.15) is 13.2 Å². The Balaban J connectivity index is 2.51. The molecule has 2 amide bonds. The summed E-state index contributed by atoms with van der Waals surface area (Å²) in [5, 5.41) is 0.658. The monoisotopic (exact) mass is 272 g/mol. The van der Waals surface area contributed by atoms with Gasteiger partial charge in [0.1, 0.15) is 5.41 Å². The van der Waals surface area contributed by atoms with E-state index in [9.17, 15) is 22.8 Å². The molecule has 1 heterocycles. The summed E-state index contributed by atoms with van der Waals surface area (Å²) >= 11 is 0. The highest BCUT2D eigenvalue weighted by Crippen LogP contribution is 2.38. The summed E-state index contributed by atoms with van der Waals surface area (Å²) in [5.41, 5.74) is -0.556. The minimum Gasteiger partial charge on any atom is -0.272 e. The molecule has 1 aliphatic rings. The number of carbonyl (C=O) groups excluding carboxylic acids is 2. The van der Waals surface area contributed by atoms with Gasteiger partial charge < -0.3 is 0 Å². The molecule has 1 aliphatic heterocycles. The van der Waals surface area contributed by atoms with Crippen LogP contribution in [0.15, 0.2) is 24.3 Å². The van der Waals surface area contributed by atoms with E-state index in [0.717, 1.165) is 12.1 Å². The van der Waals surface area contributed by atoms with Crippen molar-refractivity contribution >= 4 is 17.5 Å². The lowest BCUT2D eigenvalue weighted by Gasteiger charge is -2.21. The van der Waals surface area contributed by atoms with Crippen LogP contribution in [-0.4, -0.2) is 11.8 Å². The van der Waals surface area contributed by atoms with Gasteiger partial charge in [0.2, 0.25) is 0 Å². The zero-order valence-corrected chi connectivity index (χ0v) is 10.2. The summed E-state index contributed by atoms with van der Waals surface area (Å²) < 4.78 is 38.6. The zero-order chi connectivity index (χ0) is 14.4. The molecule has 0 radical (unpaired) electrons. The second-order valence-electron chi connectivity index (χ2n) is 4.72. The Labute approximate surface area is 107 Å². The third kappa shape index (κ3) is 2.05. The summed E-state index contributed by atoms with van der Waals surface area (Å²) in [6.45, 7) is 2.72. The number of amides is 2.